The van der Waals surface area contributed by atoms with Gasteiger partial charge < -0.3 is 20.2 Å². The van der Waals surface area contributed by atoms with Crippen LogP contribution in [0.4, 0.5) is 5.69 Å². The molecule has 0 aliphatic carbocycles. The molecular weight excluding hydrogens is 388 g/mol. The van der Waals surface area contributed by atoms with Gasteiger partial charge in [-0.3, -0.25) is 9.59 Å². The zero-order chi connectivity index (χ0) is 19.4. The topological polar surface area (TPSA) is 91.6 Å². The summed E-state index contributed by atoms with van der Waals surface area (Å²) in [6.45, 7) is 1.93. The third-order valence-electron chi connectivity index (χ3n) is 3.91. The lowest BCUT2D eigenvalue weighted by atomic mass is 10.2. The van der Waals surface area contributed by atoms with Crippen molar-refractivity contribution >= 4 is 40.4 Å². The maximum absolute atomic E-state index is 12.1. The Morgan fingerprint density at radius 3 is 2.74 bits per heavy atom. The monoisotopic (exact) mass is 404 g/mol. The Kier molecular flexibility index (Phi) is 5.95. The second kappa shape index (κ2) is 8.39. The van der Waals surface area contributed by atoms with Gasteiger partial charge in [-0.25, -0.2) is 0 Å². The minimum atomic E-state index is -0.858. The predicted octanol–water partition coefficient (Wildman–Crippen LogP) is 3.64. The molecule has 0 aliphatic rings. The molecule has 6 nitrogen and oxygen atoms in total. The molecule has 140 valence electrons. The Bertz CT molecular complexity index is 953. The average molecular weight is 405 g/mol. The van der Waals surface area contributed by atoms with Crippen LogP contribution in [0.15, 0.2) is 53.1 Å². The van der Waals surface area contributed by atoms with Gasteiger partial charge in [0.15, 0.2) is 0 Å². The highest BCUT2D eigenvalue weighted by Gasteiger charge is 2.18. The zero-order valence-electron chi connectivity index (χ0n) is 14.4. The predicted molar refractivity (Wildman–Crippen MR) is 104 cm³/mol. The molecule has 2 heterocycles. The summed E-state index contributed by atoms with van der Waals surface area (Å²) in [7, 11) is 0. The van der Waals surface area contributed by atoms with E-state index in [4.69, 9.17) is 16.0 Å². The second-order valence-electron chi connectivity index (χ2n) is 5.77. The Labute approximate surface area is 164 Å². The van der Waals surface area contributed by atoms with Gasteiger partial charge >= 0.3 is 11.8 Å². The summed E-state index contributed by atoms with van der Waals surface area (Å²) >= 11 is 7.33. The van der Waals surface area contributed by atoms with Crippen molar-refractivity contribution in [1.82, 2.24) is 5.32 Å². The van der Waals surface area contributed by atoms with Crippen LogP contribution in [-0.4, -0.2) is 16.9 Å². The number of amides is 2. The molecule has 2 aromatic heterocycles. The van der Waals surface area contributed by atoms with Crippen LogP contribution in [0.3, 0.4) is 0 Å². The summed E-state index contributed by atoms with van der Waals surface area (Å²) in [5.74, 6) is -1.08. The second-order valence-corrected chi connectivity index (χ2v) is 7.38. The molecular formula is C19H17ClN2O4S. The lowest BCUT2D eigenvalue weighted by molar-refractivity contribution is -0.136. The Morgan fingerprint density at radius 1 is 1.19 bits per heavy atom. The van der Waals surface area contributed by atoms with Crippen molar-refractivity contribution in [1.29, 1.82) is 0 Å². The van der Waals surface area contributed by atoms with Crippen LogP contribution < -0.4 is 10.6 Å². The highest BCUT2D eigenvalue weighted by molar-refractivity contribution is 7.12. The number of benzene rings is 1. The first kappa shape index (κ1) is 19.2. The fourth-order valence-corrected chi connectivity index (χ4v) is 3.51. The van der Waals surface area contributed by atoms with Crippen LogP contribution in [0.25, 0.3) is 0 Å². The van der Waals surface area contributed by atoms with E-state index in [1.54, 1.807) is 49.4 Å². The largest absolute Gasteiger partial charge is 0.466 e. The van der Waals surface area contributed by atoms with Gasteiger partial charge in [-0.2, -0.15) is 0 Å². The van der Waals surface area contributed by atoms with E-state index in [2.05, 4.69) is 10.6 Å². The summed E-state index contributed by atoms with van der Waals surface area (Å²) in [4.78, 5) is 25.6. The molecule has 0 aliphatic heterocycles. The average Bonchev–Trinajstić information content (AvgIpc) is 3.34. The summed E-state index contributed by atoms with van der Waals surface area (Å²) in [6.07, 6.45) is 0.636. The first-order valence-corrected chi connectivity index (χ1v) is 9.29. The number of carbonyl (C=O) groups excluding carboxylic acids is 2. The number of thiophene rings is 1. The molecule has 8 heteroatoms. The molecule has 3 aromatic rings. The molecule has 3 N–H and O–H groups in total. The van der Waals surface area contributed by atoms with Gasteiger partial charge in [-0.15, -0.1) is 11.3 Å². The van der Waals surface area contributed by atoms with Gasteiger partial charge in [-0.05, 0) is 48.9 Å². The Balaban J connectivity index is 1.56. The van der Waals surface area contributed by atoms with E-state index in [9.17, 15) is 14.7 Å². The maximum Gasteiger partial charge on any atom is 0.313 e. The van der Waals surface area contributed by atoms with Crippen molar-refractivity contribution < 1.29 is 19.1 Å². The van der Waals surface area contributed by atoms with E-state index < -0.39 is 17.9 Å². The minimum absolute atomic E-state index is 0.177. The lowest BCUT2D eigenvalue weighted by Crippen LogP contribution is -2.34. The van der Waals surface area contributed by atoms with E-state index in [1.165, 1.54) is 17.6 Å². The molecule has 1 atom stereocenters. The highest BCUT2D eigenvalue weighted by Crippen LogP contribution is 2.28. The number of anilines is 1. The van der Waals surface area contributed by atoms with Gasteiger partial charge in [0.1, 0.15) is 11.9 Å². The molecule has 1 aromatic carbocycles. The minimum Gasteiger partial charge on any atom is -0.466 e. The number of halogens is 1. The fraction of sp³-hybridized carbons (Fsp3) is 0.158. The van der Waals surface area contributed by atoms with Gasteiger partial charge in [0, 0.05) is 20.5 Å². The van der Waals surface area contributed by atoms with Crippen LogP contribution in [0, 0.1) is 6.92 Å². The van der Waals surface area contributed by atoms with Gasteiger partial charge in [0.25, 0.3) is 0 Å². The number of aliphatic hydroxyl groups excluding tert-OH is 1. The van der Waals surface area contributed by atoms with Gasteiger partial charge in [0.2, 0.25) is 0 Å². The number of hydrogen-bond donors (Lipinski definition) is 3. The summed E-state index contributed by atoms with van der Waals surface area (Å²) in [6, 6.07) is 12.0. The van der Waals surface area contributed by atoms with Crippen molar-refractivity contribution in [2.45, 2.75) is 19.6 Å². The van der Waals surface area contributed by atoms with Gasteiger partial charge in [-0.1, -0.05) is 17.7 Å². The molecule has 0 saturated carbocycles. The van der Waals surface area contributed by atoms with Crippen molar-refractivity contribution in [3.63, 3.8) is 0 Å². The fourth-order valence-electron chi connectivity index (χ4n) is 2.39. The smallest absolute Gasteiger partial charge is 0.313 e. The lowest BCUT2D eigenvalue weighted by Gasteiger charge is -2.09. The Hall–Kier alpha value is -2.61. The standard InChI is InChI=1S/C19H17ClN2O4S/c1-11-13(20)4-2-5-14(11)22-19(25)18(24)21-10-12-7-8-16(27-12)17(23)15-6-3-9-26-15/h2-9,17,23H,10H2,1H3,(H,21,24)(H,22,25)/t17-/m0/s1. The van der Waals surface area contributed by atoms with E-state index in [0.717, 1.165) is 4.88 Å². The molecule has 0 bridgehead atoms. The highest BCUT2D eigenvalue weighted by atomic mass is 35.5. The third-order valence-corrected chi connectivity index (χ3v) is 5.46. The number of nitrogens with one attached hydrogen (secondary N) is 2. The normalized spacial score (nSPS) is 11.8. The van der Waals surface area contributed by atoms with Crippen LogP contribution in [0.1, 0.15) is 27.2 Å². The van der Waals surface area contributed by atoms with Gasteiger partial charge in [0.05, 0.1) is 12.8 Å². The third kappa shape index (κ3) is 4.57. The number of furan rings is 1. The molecule has 27 heavy (non-hydrogen) atoms. The number of carbonyl (C=O) groups is 2. The van der Waals surface area contributed by atoms with Crippen LogP contribution >= 0.6 is 22.9 Å². The molecule has 0 unspecified atom stereocenters. The first-order chi connectivity index (χ1) is 13.0. The van der Waals surface area contributed by atoms with Crippen molar-refractivity contribution in [3.05, 3.63) is 74.8 Å². The summed E-state index contributed by atoms with van der Waals surface area (Å²) in [5, 5.41) is 15.8. The summed E-state index contributed by atoms with van der Waals surface area (Å²) in [5.41, 5.74) is 1.18. The molecule has 3 rings (SSSR count). The van der Waals surface area contributed by atoms with Crippen LogP contribution in [0.2, 0.25) is 5.02 Å². The van der Waals surface area contributed by atoms with E-state index in [1.807, 2.05) is 0 Å². The zero-order valence-corrected chi connectivity index (χ0v) is 15.9. The SMILES string of the molecule is Cc1c(Cl)cccc1NC(=O)C(=O)NCc1ccc([C@@H](O)c2ccco2)s1. The molecule has 0 spiro atoms. The van der Waals surface area contributed by atoms with E-state index >= 15 is 0 Å². The molecule has 0 radical (unpaired) electrons. The van der Waals surface area contributed by atoms with Crippen LogP contribution in [-0.2, 0) is 16.1 Å². The maximum atomic E-state index is 12.1. The van der Waals surface area contributed by atoms with Crippen molar-refractivity contribution in [2.75, 3.05) is 5.32 Å². The van der Waals surface area contributed by atoms with E-state index in [-0.39, 0.29) is 6.54 Å². The molecule has 0 saturated heterocycles. The molecule has 0 fully saturated rings. The Morgan fingerprint density at radius 2 is 2.00 bits per heavy atom. The molecule has 2 amide bonds. The number of hydrogen-bond acceptors (Lipinski definition) is 5. The number of rotatable bonds is 5. The first-order valence-electron chi connectivity index (χ1n) is 8.10. The van der Waals surface area contributed by atoms with E-state index in [0.29, 0.717) is 26.9 Å². The summed E-state index contributed by atoms with van der Waals surface area (Å²) < 4.78 is 5.19. The van der Waals surface area contributed by atoms with Crippen molar-refractivity contribution in [2.24, 2.45) is 0 Å². The quantitative estimate of drug-likeness (QED) is 0.566. The number of aliphatic hydroxyl groups is 1. The van der Waals surface area contributed by atoms with Crippen LogP contribution in [0.5, 0.6) is 0 Å². The van der Waals surface area contributed by atoms with Crippen molar-refractivity contribution in [3.8, 4) is 0 Å².